The largest absolute Gasteiger partial charge is 0.480 e. The minimum atomic E-state index is -0.813. The van der Waals surface area contributed by atoms with Gasteiger partial charge in [0.05, 0.1) is 10.6 Å². The van der Waals surface area contributed by atoms with Gasteiger partial charge in [0.15, 0.2) is 0 Å². The Labute approximate surface area is 110 Å². The number of benzene rings is 1. The van der Waals surface area contributed by atoms with Gasteiger partial charge in [-0.05, 0) is 37.5 Å². The normalized spacial score (nSPS) is 18.7. The van der Waals surface area contributed by atoms with E-state index in [0.29, 0.717) is 23.6 Å². The fourth-order valence-electron chi connectivity index (χ4n) is 2.38. The summed E-state index contributed by atoms with van der Waals surface area (Å²) in [6.45, 7) is 2.52. The van der Waals surface area contributed by atoms with E-state index in [2.05, 4.69) is 0 Å². The van der Waals surface area contributed by atoms with E-state index in [1.54, 1.807) is 12.1 Å². The fraction of sp³-hybridized carbons (Fsp3) is 0.385. The highest BCUT2D eigenvalue weighted by atomic mass is 35.5. The van der Waals surface area contributed by atoms with Gasteiger partial charge in [0.2, 0.25) is 0 Å². The van der Waals surface area contributed by atoms with Crippen LogP contribution in [-0.4, -0.2) is 23.7 Å². The number of hydrogen-bond donors (Lipinski definition) is 1. The zero-order valence-electron chi connectivity index (χ0n) is 9.98. The molecule has 0 saturated carbocycles. The summed E-state index contributed by atoms with van der Waals surface area (Å²) in [6.07, 6.45) is 1.50. The van der Waals surface area contributed by atoms with Crippen LogP contribution in [0.25, 0.3) is 0 Å². The summed E-state index contributed by atoms with van der Waals surface area (Å²) in [7, 11) is 0. The first-order chi connectivity index (χ1) is 8.56. The molecule has 0 aromatic heterocycles. The second-order valence-electron chi connectivity index (χ2n) is 4.37. The molecule has 94 valence electrons. The van der Waals surface area contributed by atoms with Gasteiger partial charge in [-0.15, -0.1) is 0 Å². The van der Waals surface area contributed by atoms with Crippen molar-refractivity contribution in [1.29, 1.82) is 5.26 Å². The SMILES string of the molecule is Cc1c(N2CCCC2C(=O)O)ccc(C#N)c1Cl. The van der Waals surface area contributed by atoms with Crippen LogP contribution in [0.15, 0.2) is 12.1 Å². The standard InChI is InChI=1S/C13H13ClN2O2/c1-8-10(5-4-9(7-15)12(8)14)16-6-2-3-11(16)13(17)18/h4-5,11H,2-3,6H2,1H3,(H,17,18). The maximum absolute atomic E-state index is 11.2. The average Bonchev–Trinajstić information content (AvgIpc) is 2.81. The number of nitrogens with zero attached hydrogens (tertiary/aromatic N) is 2. The topological polar surface area (TPSA) is 64.3 Å². The molecular weight excluding hydrogens is 252 g/mol. The van der Waals surface area contributed by atoms with Gasteiger partial charge in [-0.3, -0.25) is 0 Å². The lowest BCUT2D eigenvalue weighted by atomic mass is 10.1. The second kappa shape index (κ2) is 4.87. The molecule has 1 fully saturated rings. The zero-order chi connectivity index (χ0) is 13.3. The molecule has 1 saturated heterocycles. The van der Waals surface area contributed by atoms with E-state index < -0.39 is 12.0 Å². The van der Waals surface area contributed by atoms with Crippen molar-refractivity contribution >= 4 is 23.3 Å². The van der Waals surface area contributed by atoms with E-state index in [1.165, 1.54) is 0 Å². The molecule has 0 bridgehead atoms. The molecule has 1 aliphatic rings. The summed E-state index contributed by atoms with van der Waals surface area (Å²) >= 11 is 6.11. The third-order valence-corrected chi connectivity index (χ3v) is 3.81. The quantitative estimate of drug-likeness (QED) is 0.892. The number of carboxylic acids is 1. The van der Waals surface area contributed by atoms with Crippen LogP contribution in [0.5, 0.6) is 0 Å². The van der Waals surface area contributed by atoms with Crippen molar-refractivity contribution in [2.75, 3.05) is 11.4 Å². The summed E-state index contributed by atoms with van der Waals surface area (Å²) < 4.78 is 0. The molecule has 1 atom stereocenters. The lowest BCUT2D eigenvalue weighted by molar-refractivity contribution is -0.138. The predicted octanol–water partition coefficient (Wildman–Crippen LogP) is 2.57. The van der Waals surface area contributed by atoms with Crippen LogP contribution < -0.4 is 4.90 Å². The Morgan fingerprint density at radius 1 is 1.61 bits per heavy atom. The minimum Gasteiger partial charge on any atom is -0.480 e. The molecule has 1 aromatic rings. The van der Waals surface area contributed by atoms with Crippen molar-refractivity contribution in [3.8, 4) is 6.07 Å². The Bertz CT molecular complexity index is 537. The Hall–Kier alpha value is -1.73. The number of carbonyl (C=O) groups is 1. The molecule has 0 spiro atoms. The lowest BCUT2D eigenvalue weighted by Crippen LogP contribution is -2.36. The number of anilines is 1. The van der Waals surface area contributed by atoms with E-state index in [1.807, 2.05) is 17.9 Å². The van der Waals surface area contributed by atoms with Gasteiger partial charge >= 0.3 is 5.97 Å². The van der Waals surface area contributed by atoms with Gasteiger partial charge in [-0.1, -0.05) is 11.6 Å². The smallest absolute Gasteiger partial charge is 0.326 e. The average molecular weight is 265 g/mol. The maximum Gasteiger partial charge on any atom is 0.326 e. The van der Waals surface area contributed by atoms with Crippen LogP contribution in [0.3, 0.4) is 0 Å². The highest BCUT2D eigenvalue weighted by Gasteiger charge is 2.31. The molecule has 18 heavy (non-hydrogen) atoms. The fourth-order valence-corrected chi connectivity index (χ4v) is 2.59. The molecule has 2 rings (SSSR count). The lowest BCUT2D eigenvalue weighted by Gasteiger charge is -2.26. The first-order valence-corrected chi connectivity index (χ1v) is 6.12. The van der Waals surface area contributed by atoms with E-state index >= 15 is 0 Å². The molecule has 0 aliphatic carbocycles. The maximum atomic E-state index is 11.2. The Kier molecular flexibility index (Phi) is 3.44. The number of carboxylic acid groups (broad SMARTS) is 1. The van der Waals surface area contributed by atoms with Crippen molar-refractivity contribution in [3.63, 3.8) is 0 Å². The van der Waals surface area contributed by atoms with Crippen LogP contribution in [0.2, 0.25) is 5.02 Å². The molecule has 0 radical (unpaired) electrons. The highest BCUT2D eigenvalue weighted by Crippen LogP contribution is 2.33. The first kappa shape index (κ1) is 12.7. The summed E-state index contributed by atoms with van der Waals surface area (Å²) in [6, 6.07) is 4.95. The van der Waals surface area contributed by atoms with Crippen molar-refractivity contribution < 1.29 is 9.90 Å². The van der Waals surface area contributed by atoms with Crippen molar-refractivity contribution in [1.82, 2.24) is 0 Å². The van der Waals surface area contributed by atoms with Gasteiger partial charge in [0, 0.05) is 12.2 Å². The van der Waals surface area contributed by atoms with Crippen LogP contribution in [0.4, 0.5) is 5.69 Å². The summed E-state index contributed by atoms with van der Waals surface area (Å²) in [5, 5.41) is 18.5. The van der Waals surface area contributed by atoms with Crippen molar-refractivity contribution in [2.45, 2.75) is 25.8 Å². The Balaban J connectivity index is 2.43. The van der Waals surface area contributed by atoms with Crippen LogP contribution in [0, 0.1) is 18.3 Å². The molecule has 1 aromatic carbocycles. The first-order valence-electron chi connectivity index (χ1n) is 5.75. The molecule has 5 heteroatoms. The molecule has 1 heterocycles. The summed E-state index contributed by atoms with van der Waals surface area (Å²) in [5.41, 5.74) is 2.00. The monoisotopic (exact) mass is 264 g/mol. The molecule has 4 nitrogen and oxygen atoms in total. The summed E-state index contributed by atoms with van der Waals surface area (Å²) in [5.74, 6) is -0.813. The highest BCUT2D eigenvalue weighted by molar-refractivity contribution is 6.32. The van der Waals surface area contributed by atoms with Crippen molar-refractivity contribution in [2.24, 2.45) is 0 Å². The Morgan fingerprint density at radius 2 is 2.33 bits per heavy atom. The van der Waals surface area contributed by atoms with Crippen LogP contribution in [-0.2, 0) is 4.79 Å². The number of hydrogen-bond acceptors (Lipinski definition) is 3. The number of rotatable bonds is 2. The minimum absolute atomic E-state index is 0.408. The van der Waals surface area contributed by atoms with E-state index in [0.717, 1.165) is 17.7 Å². The van der Waals surface area contributed by atoms with Gasteiger partial charge < -0.3 is 10.0 Å². The third-order valence-electron chi connectivity index (χ3n) is 3.33. The second-order valence-corrected chi connectivity index (χ2v) is 4.75. The molecule has 1 unspecified atom stereocenters. The number of nitriles is 1. The van der Waals surface area contributed by atoms with Gasteiger partial charge in [-0.25, -0.2) is 4.79 Å². The molecule has 1 aliphatic heterocycles. The Morgan fingerprint density at radius 3 is 2.94 bits per heavy atom. The van der Waals surface area contributed by atoms with E-state index in [4.69, 9.17) is 16.9 Å². The van der Waals surface area contributed by atoms with Crippen LogP contribution in [0.1, 0.15) is 24.0 Å². The third kappa shape index (κ3) is 2.02. The van der Waals surface area contributed by atoms with E-state index in [-0.39, 0.29) is 0 Å². The van der Waals surface area contributed by atoms with Gasteiger partial charge in [-0.2, -0.15) is 5.26 Å². The van der Waals surface area contributed by atoms with Crippen molar-refractivity contribution in [3.05, 3.63) is 28.3 Å². The van der Waals surface area contributed by atoms with E-state index in [9.17, 15) is 9.90 Å². The van der Waals surface area contributed by atoms with Gasteiger partial charge in [0.1, 0.15) is 12.1 Å². The summed E-state index contributed by atoms with van der Waals surface area (Å²) in [4.78, 5) is 13.0. The van der Waals surface area contributed by atoms with Crippen LogP contribution >= 0.6 is 11.6 Å². The van der Waals surface area contributed by atoms with Gasteiger partial charge in [0.25, 0.3) is 0 Å². The molecule has 1 N–H and O–H groups in total. The predicted molar refractivity (Wildman–Crippen MR) is 68.9 cm³/mol. The molecular formula is C13H13ClN2O2. The zero-order valence-corrected chi connectivity index (χ0v) is 10.7. The number of aliphatic carboxylic acids is 1. The number of halogens is 1. The molecule has 0 amide bonds.